The van der Waals surface area contributed by atoms with Crippen molar-refractivity contribution in [2.24, 2.45) is 0 Å². The zero-order valence-electron chi connectivity index (χ0n) is 10.8. The summed E-state index contributed by atoms with van der Waals surface area (Å²) in [6, 6.07) is 5.39. The van der Waals surface area contributed by atoms with Gasteiger partial charge in [0.2, 0.25) is 5.91 Å². The van der Waals surface area contributed by atoms with Crippen LogP contribution in [0.1, 0.15) is 16.8 Å². The third-order valence-electron chi connectivity index (χ3n) is 2.76. The molecular formula is C13H17N3O2S. The summed E-state index contributed by atoms with van der Waals surface area (Å²) in [5.74, 6) is 0.301. The zero-order chi connectivity index (χ0) is 13.7. The van der Waals surface area contributed by atoms with Gasteiger partial charge in [-0.05, 0) is 38.2 Å². The lowest BCUT2D eigenvalue weighted by atomic mass is 10.2. The lowest BCUT2D eigenvalue weighted by Gasteiger charge is -2.16. The number of rotatable bonds is 5. The molecule has 102 valence electrons. The second-order valence-corrected chi connectivity index (χ2v) is 5.28. The molecule has 0 bridgehead atoms. The van der Waals surface area contributed by atoms with Crippen molar-refractivity contribution in [2.75, 3.05) is 31.2 Å². The summed E-state index contributed by atoms with van der Waals surface area (Å²) in [4.78, 5) is 24.2. The average molecular weight is 279 g/mol. The van der Waals surface area contributed by atoms with Crippen LogP contribution in [0.5, 0.6) is 0 Å². The van der Waals surface area contributed by atoms with E-state index >= 15 is 0 Å². The Morgan fingerprint density at radius 1 is 1.42 bits per heavy atom. The van der Waals surface area contributed by atoms with Crippen LogP contribution in [-0.2, 0) is 4.79 Å². The number of hydrogen-bond acceptors (Lipinski definition) is 4. The van der Waals surface area contributed by atoms with Crippen molar-refractivity contribution in [3.8, 4) is 0 Å². The number of carbonyl (C=O) groups is 2. The predicted octanol–water partition coefficient (Wildman–Crippen LogP) is 1.07. The van der Waals surface area contributed by atoms with Gasteiger partial charge in [0.25, 0.3) is 5.91 Å². The first kappa shape index (κ1) is 13.9. The van der Waals surface area contributed by atoms with Gasteiger partial charge in [-0.2, -0.15) is 0 Å². The van der Waals surface area contributed by atoms with Crippen LogP contribution >= 0.6 is 11.8 Å². The van der Waals surface area contributed by atoms with Gasteiger partial charge in [-0.1, -0.05) is 0 Å². The summed E-state index contributed by atoms with van der Waals surface area (Å²) in [7, 11) is 1.88. The molecule has 1 aromatic rings. The Kier molecular flexibility index (Phi) is 4.81. The van der Waals surface area contributed by atoms with Gasteiger partial charge in [0, 0.05) is 17.0 Å². The Balaban J connectivity index is 1.99. The Morgan fingerprint density at radius 3 is 3.05 bits per heavy atom. The van der Waals surface area contributed by atoms with Crippen molar-refractivity contribution in [3.63, 3.8) is 0 Å². The molecule has 1 aromatic carbocycles. The van der Waals surface area contributed by atoms with Crippen LogP contribution in [0.3, 0.4) is 0 Å². The van der Waals surface area contributed by atoms with Crippen molar-refractivity contribution < 1.29 is 9.59 Å². The number of carbonyl (C=O) groups excluding carboxylic acids is 2. The molecule has 0 aliphatic carbocycles. The maximum atomic E-state index is 11.9. The molecule has 0 fully saturated rings. The standard InChI is InChI=1S/C13H17N3O2S/c1-14-5-2-6-15-13(18)9-3-4-11-10(7-9)16-12(17)8-19-11/h3-4,7,14H,2,5-6,8H2,1H3,(H,15,18)(H,16,17). The highest BCUT2D eigenvalue weighted by Gasteiger charge is 2.17. The number of amides is 2. The summed E-state index contributed by atoms with van der Waals surface area (Å²) in [6.45, 7) is 1.51. The molecule has 3 N–H and O–H groups in total. The van der Waals surface area contributed by atoms with Crippen LogP contribution in [0.4, 0.5) is 5.69 Å². The number of fused-ring (bicyclic) bond motifs is 1. The molecule has 0 atom stereocenters. The molecule has 0 saturated carbocycles. The third-order valence-corrected chi connectivity index (χ3v) is 3.84. The Labute approximate surface area is 116 Å². The normalized spacial score (nSPS) is 13.6. The van der Waals surface area contributed by atoms with Gasteiger partial charge in [-0.15, -0.1) is 11.8 Å². The summed E-state index contributed by atoms with van der Waals surface area (Å²) >= 11 is 1.49. The lowest BCUT2D eigenvalue weighted by molar-refractivity contribution is -0.113. The van der Waals surface area contributed by atoms with Gasteiger partial charge in [-0.25, -0.2) is 0 Å². The van der Waals surface area contributed by atoms with Gasteiger partial charge in [-0.3, -0.25) is 9.59 Å². The first-order chi connectivity index (χ1) is 9.20. The molecule has 0 unspecified atom stereocenters. The first-order valence-electron chi connectivity index (χ1n) is 6.20. The highest BCUT2D eigenvalue weighted by molar-refractivity contribution is 8.00. The van der Waals surface area contributed by atoms with Crippen LogP contribution in [0.2, 0.25) is 0 Å². The van der Waals surface area contributed by atoms with E-state index in [1.807, 2.05) is 13.1 Å². The number of hydrogen-bond donors (Lipinski definition) is 3. The summed E-state index contributed by atoms with van der Waals surface area (Å²) in [5.41, 5.74) is 1.30. The van der Waals surface area contributed by atoms with Crippen LogP contribution in [0.25, 0.3) is 0 Å². The summed E-state index contributed by atoms with van der Waals surface area (Å²) < 4.78 is 0. The Bertz CT molecular complexity index is 491. The minimum absolute atomic E-state index is 0.0240. The molecule has 6 heteroatoms. The van der Waals surface area contributed by atoms with Crippen LogP contribution in [-0.4, -0.2) is 37.7 Å². The Hall–Kier alpha value is -1.53. The summed E-state index contributed by atoms with van der Waals surface area (Å²) in [6.07, 6.45) is 0.889. The fraction of sp³-hybridized carbons (Fsp3) is 0.385. The molecule has 0 saturated heterocycles. The SMILES string of the molecule is CNCCCNC(=O)c1ccc2c(c1)NC(=O)CS2. The van der Waals surface area contributed by atoms with Crippen molar-refractivity contribution in [2.45, 2.75) is 11.3 Å². The topological polar surface area (TPSA) is 70.2 Å². The van der Waals surface area contributed by atoms with Crippen molar-refractivity contribution in [3.05, 3.63) is 23.8 Å². The first-order valence-corrected chi connectivity index (χ1v) is 7.19. The van der Waals surface area contributed by atoms with E-state index in [1.54, 1.807) is 12.1 Å². The second-order valence-electron chi connectivity index (χ2n) is 4.26. The molecule has 0 radical (unpaired) electrons. The molecule has 1 aliphatic heterocycles. The van der Waals surface area contributed by atoms with Crippen LogP contribution in [0.15, 0.2) is 23.1 Å². The van der Waals surface area contributed by atoms with Crippen molar-refractivity contribution in [1.82, 2.24) is 10.6 Å². The van der Waals surface area contributed by atoms with Gasteiger partial charge < -0.3 is 16.0 Å². The quantitative estimate of drug-likeness (QED) is 0.705. The monoisotopic (exact) mass is 279 g/mol. The molecule has 2 amide bonds. The largest absolute Gasteiger partial charge is 0.352 e. The van der Waals surface area contributed by atoms with Gasteiger partial charge in [0.15, 0.2) is 0 Å². The second kappa shape index (κ2) is 6.58. The van der Waals surface area contributed by atoms with E-state index in [1.165, 1.54) is 11.8 Å². The molecule has 0 spiro atoms. The van der Waals surface area contributed by atoms with Gasteiger partial charge in [0.05, 0.1) is 11.4 Å². The maximum absolute atomic E-state index is 11.9. The Morgan fingerprint density at radius 2 is 2.26 bits per heavy atom. The highest BCUT2D eigenvalue weighted by Crippen LogP contribution is 2.31. The molecule has 2 rings (SSSR count). The molecule has 1 heterocycles. The zero-order valence-corrected chi connectivity index (χ0v) is 11.6. The molecule has 1 aliphatic rings. The minimum atomic E-state index is -0.108. The number of benzene rings is 1. The minimum Gasteiger partial charge on any atom is -0.352 e. The van der Waals surface area contributed by atoms with Crippen molar-refractivity contribution in [1.29, 1.82) is 0 Å². The van der Waals surface area contributed by atoms with E-state index in [0.717, 1.165) is 23.5 Å². The van der Waals surface area contributed by atoms with E-state index in [9.17, 15) is 9.59 Å². The van der Waals surface area contributed by atoms with E-state index in [2.05, 4.69) is 16.0 Å². The molecule has 5 nitrogen and oxygen atoms in total. The lowest BCUT2D eigenvalue weighted by Crippen LogP contribution is -2.27. The number of nitrogens with one attached hydrogen (secondary N) is 3. The molecular weight excluding hydrogens is 262 g/mol. The van der Waals surface area contributed by atoms with Gasteiger partial charge in [0.1, 0.15) is 0 Å². The van der Waals surface area contributed by atoms with Crippen molar-refractivity contribution >= 4 is 29.3 Å². The maximum Gasteiger partial charge on any atom is 0.251 e. The fourth-order valence-corrected chi connectivity index (χ4v) is 2.58. The number of thioether (sulfide) groups is 1. The van der Waals surface area contributed by atoms with Crippen LogP contribution in [0, 0.1) is 0 Å². The van der Waals surface area contributed by atoms with E-state index < -0.39 is 0 Å². The number of anilines is 1. The smallest absolute Gasteiger partial charge is 0.251 e. The van der Waals surface area contributed by atoms with Crippen LogP contribution < -0.4 is 16.0 Å². The predicted molar refractivity (Wildman–Crippen MR) is 76.7 cm³/mol. The highest BCUT2D eigenvalue weighted by atomic mass is 32.2. The van der Waals surface area contributed by atoms with E-state index in [0.29, 0.717) is 17.9 Å². The van der Waals surface area contributed by atoms with Gasteiger partial charge >= 0.3 is 0 Å². The summed E-state index contributed by atoms with van der Waals surface area (Å²) in [5, 5.41) is 8.66. The van der Waals surface area contributed by atoms with E-state index in [-0.39, 0.29) is 11.8 Å². The fourth-order valence-electron chi connectivity index (χ4n) is 1.79. The average Bonchev–Trinajstić information content (AvgIpc) is 2.42. The molecule has 0 aromatic heterocycles. The third kappa shape index (κ3) is 3.71. The molecule has 19 heavy (non-hydrogen) atoms. The van der Waals surface area contributed by atoms with E-state index in [4.69, 9.17) is 0 Å².